The Labute approximate surface area is 190 Å². The lowest BCUT2D eigenvalue weighted by Crippen LogP contribution is -2.39. The van der Waals surface area contributed by atoms with Crippen molar-refractivity contribution >= 4 is 33.3 Å². The number of allylic oxidation sites excluding steroid dienone is 1. The van der Waals surface area contributed by atoms with Crippen LogP contribution >= 0.6 is 11.3 Å². The van der Waals surface area contributed by atoms with Gasteiger partial charge in [0.1, 0.15) is 5.60 Å². The Bertz CT molecular complexity index is 996. The van der Waals surface area contributed by atoms with Crippen molar-refractivity contribution in [3.8, 4) is 0 Å². The second-order valence-electron chi connectivity index (χ2n) is 10.6. The third-order valence-electron chi connectivity index (χ3n) is 6.40. The van der Waals surface area contributed by atoms with Crippen LogP contribution in [-0.4, -0.2) is 53.2 Å². The summed E-state index contributed by atoms with van der Waals surface area (Å²) in [6.45, 7) is 13.2. The van der Waals surface area contributed by atoms with Gasteiger partial charge in [-0.2, -0.15) is 0 Å². The molecule has 1 amide bonds. The van der Waals surface area contributed by atoms with Gasteiger partial charge in [-0.15, -0.1) is 11.3 Å². The van der Waals surface area contributed by atoms with Crippen molar-refractivity contribution in [1.82, 2.24) is 14.8 Å². The standard InChI is InChI=1S/C25H35N3O2S/c1-17-7-9-20(28(16-17)23(29)30-24(2,3)4)18-8-10-21-19(15-18)26-22(31-21)25(5)11-13-27(6)14-12-25/h8-10,15,17H,7,11-14,16H2,1-6H3/t17-/m0/s1. The Morgan fingerprint density at radius 1 is 1.26 bits per heavy atom. The minimum atomic E-state index is -0.514. The minimum Gasteiger partial charge on any atom is -0.443 e. The lowest BCUT2D eigenvalue weighted by atomic mass is 9.81. The van der Waals surface area contributed by atoms with Gasteiger partial charge in [0.15, 0.2) is 0 Å². The third kappa shape index (κ3) is 4.80. The summed E-state index contributed by atoms with van der Waals surface area (Å²) in [7, 11) is 2.19. The minimum absolute atomic E-state index is 0.151. The fourth-order valence-electron chi connectivity index (χ4n) is 4.34. The van der Waals surface area contributed by atoms with Crippen molar-refractivity contribution in [3.63, 3.8) is 0 Å². The molecule has 5 nitrogen and oxygen atoms in total. The monoisotopic (exact) mass is 441 g/mol. The van der Waals surface area contributed by atoms with E-state index in [1.54, 1.807) is 4.90 Å². The SMILES string of the molecule is C[C@H]1CC=C(c2ccc3sc(C4(C)CCN(C)CC4)nc3c2)N(C(=O)OC(C)(C)C)C1. The predicted molar refractivity (Wildman–Crippen MR) is 128 cm³/mol. The Kier molecular flexibility index (Phi) is 5.90. The molecule has 1 aromatic heterocycles. The molecule has 3 heterocycles. The molecule has 0 aliphatic carbocycles. The molecule has 1 saturated heterocycles. The molecule has 0 spiro atoms. The first-order valence-electron chi connectivity index (χ1n) is 11.3. The fourth-order valence-corrected chi connectivity index (χ4v) is 5.49. The van der Waals surface area contributed by atoms with Gasteiger partial charge >= 0.3 is 6.09 Å². The van der Waals surface area contributed by atoms with Gasteiger partial charge in [0.2, 0.25) is 0 Å². The van der Waals surface area contributed by atoms with Crippen molar-refractivity contribution in [2.75, 3.05) is 26.7 Å². The number of rotatable bonds is 2. The van der Waals surface area contributed by atoms with Gasteiger partial charge in [0, 0.05) is 17.5 Å². The molecule has 1 atom stereocenters. The first kappa shape index (κ1) is 22.3. The average molecular weight is 442 g/mol. The summed E-state index contributed by atoms with van der Waals surface area (Å²) in [4.78, 5) is 22.2. The number of likely N-dealkylation sites (tertiary alicyclic amines) is 1. The van der Waals surface area contributed by atoms with Crippen molar-refractivity contribution in [3.05, 3.63) is 34.8 Å². The molecule has 0 bridgehead atoms. The van der Waals surface area contributed by atoms with E-state index >= 15 is 0 Å². The average Bonchev–Trinajstić information content (AvgIpc) is 3.13. The predicted octanol–water partition coefficient (Wildman–Crippen LogP) is 5.90. The van der Waals surface area contributed by atoms with Crippen molar-refractivity contribution in [2.45, 2.75) is 64.9 Å². The number of ether oxygens (including phenoxy) is 1. The second kappa shape index (κ2) is 8.21. The molecule has 168 valence electrons. The number of carbonyl (C=O) groups is 1. The van der Waals surface area contributed by atoms with Crippen LogP contribution in [0.4, 0.5) is 4.79 Å². The highest BCUT2D eigenvalue weighted by Gasteiger charge is 2.34. The molecule has 1 fully saturated rings. The summed E-state index contributed by atoms with van der Waals surface area (Å²) in [6.07, 6.45) is 5.14. The number of benzene rings is 1. The molecule has 0 unspecified atom stereocenters. The smallest absolute Gasteiger partial charge is 0.414 e. The molecular formula is C25H35N3O2S. The van der Waals surface area contributed by atoms with Crippen LogP contribution in [0, 0.1) is 5.92 Å². The van der Waals surface area contributed by atoms with Gasteiger partial charge in [-0.25, -0.2) is 9.78 Å². The maximum absolute atomic E-state index is 12.9. The molecule has 1 aromatic carbocycles. The van der Waals surface area contributed by atoms with Crippen LogP contribution in [0.3, 0.4) is 0 Å². The number of carbonyl (C=O) groups excluding carboxylic acids is 1. The summed E-state index contributed by atoms with van der Waals surface area (Å²) in [5.41, 5.74) is 2.64. The van der Waals surface area contributed by atoms with E-state index in [1.807, 2.05) is 32.1 Å². The largest absolute Gasteiger partial charge is 0.443 e. The molecule has 6 heteroatoms. The van der Waals surface area contributed by atoms with Crippen LogP contribution in [0.25, 0.3) is 15.9 Å². The highest BCUT2D eigenvalue weighted by atomic mass is 32.1. The van der Waals surface area contributed by atoms with Crippen LogP contribution in [0.5, 0.6) is 0 Å². The van der Waals surface area contributed by atoms with Crippen LogP contribution in [0.2, 0.25) is 0 Å². The van der Waals surface area contributed by atoms with Crippen molar-refractivity contribution in [2.24, 2.45) is 5.92 Å². The molecule has 0 N–H and O–H groups in total. The lowest BCUT2D eigenvalue weighted by Gasteiger charge is -2.36. The lowest BCUT2D eigenvalue weighted by molar-refractivity contribution is 0.0327. The number of thiazole rings is 1. The molecule has 0 saturated carbocycles. The van der Waals surface area contributed by atoms with Gasteiger partial charge in [0.05, 0.1) is 20.9 Å². The number of fused-ring (bicyclic) bond motifs is 1. The van der Waals surface area contributed by atoms with Crippen molar-refractivity contribution in [1.29, 1.82) is 0 Å². The number of hydrogen-bond acceptors (Lipinski definition) is 5. The van der Waals surface area contributed by atoms with E-state index in [2.05, 4.69) is 50.1 Å². The van der Waals surface area contributed by atoms with E-state index < -0.39 is 5.60 Å². The van der Waals surface area contributed by atoms with Crippen LogP contribution in [0.15, 0.2) is 24.3 Å². The van der Waals surface area contributed by atoms with E-state index in [-0.39, 0.29) is 11.5 Å². The van der Waals surface area contributed by atoms with E-state index in [9.17, 15) is 4.79 Å². The van der Waals surface area contributed by atoms with Gasteiger partial charge < -0.3 is 9.64 Å². The Morgan fingerprint density at radius 3 is 2.65 bits per heavy atom. The normalized spacial score (nSPS) is 22.5. The van der Waals surface area contributed by atoms with Crippen LogP contribution < -0.4 is 0 Å². The number of piperidine rings is 1. The fraction of sp³-hybridized carbons (Fsp3) is 0.600. The topological polar surface area (TPSA) is 45.7 Å². The maximum Gasteiger partial charge on any atom is 0.414 e. The quantitative estimate of drug-likeness (QED) is 0.582. The molecule has 31 heavy (non-hydrogen) atoms. The highest BCUT2D eigenvalue weighted by molar-refractivity contribution is 7.18. The van der Waals surface area contributed by atoms with E-state index in [0.717, 1.165) is 49.1 Å². The molecule has 2 aliphatic heterocycles. The zero-order valence-electron chi connectivity index (χ0n) is 19.7. The first-order valence-corrected chi connectivity index (χ1v) is 12.2. The van der Waals surface area contributed by atoms with Gasteiger partial charge in [-0.1, -0.05) is 26.0 Å². The van der Waals surface area contributed by atoms with Crippen LogP contribution in [-0.2, 0) is 10.2 Å². The second-order valence-corrected chi connectivity index (χ2v) is 11.6. The summed E-state index contributed by atoms with van der Waals surface area (Å²) in [5.74, 6) is 0.412. The molecule has 2 aliphatic rings. The Hall–Kier alpha value is -1.92. The number of hydrogen-bond donors (Lipinski definition) is 0. The molecule has 2 aromatic rings. The summed E-state index contributed by atoms with van der Waals surface area (Å²) in [5, 5.41) is 1.24. The zero-order chi connectivity index (χ0) is 22.4. The summed E-state index contributed by atoms with van der Waals surface area (Å²) in [6, 6.07) is 6.43. The van der Waals surface area contributed by atoms with Gasteiger partial charge in [0.25, 0.3) is 0 Å². The molecule has 4 rings (SSSR count). The van der Waals surface area contributed by atoms with Gasteiger partial charge in [-0.05, 0) is 78.2 Å². The summed E-state index contributed by atoms with van der Waals surface area (Å²) >= 11 is 1.82. The highest BCUT2D eigenvalue weighted by Crippen LogP contribution is 2.40. The summed E-state index contributed by atoms with van der Waals surface area (Å²) < 4.78 is 6.91. The van der Waals surface area contributed by atoms with E-state index in [1.165, 1.54) is 9.71 Å². The van der Waals surface area contributed by atoms with Crippen LogP contribution in [0.1, 0.15) is 64.5 Å². The number of amides is 1. The number of aromatic nitrogens is 1. The maximum atomic E-state index is 12.9. The van der Waals surface area contributed by atoms with E-state index in [0.29, 0.717) is 12.5 Å². The van der Waals surface area contributed by atoms with Crippen molar-refractivity contribution < 1.29 is 9.53 Å². The molecular weight excluding hydrogens is 406 g/mol. The van der Waals surface area contributed by atoms with Gasteiger partial charge in [-0.3, -0.25) is 4.90 Å². The number of nitrogens with zero attached hydrogens (tertiary/aromatic N) is 3. The Balaban J connectivity index is 1.64. The zero-order valence-corrected chi connectivity index (χ0v) is 20.5. The Morgan fingerprint density at radius 2 is 1.97 bits per heavy atom. The third-order valence-corrected chi connectivity index (χ3v) is 7.75. The molecule has 0 radical (unpaired) electrons. The van der Waals surface area contributed by atoms with E-state index in [4.69, 9.17) is 9.72 Å². The first-order chi connectivity index (χ1) is 14.5.